The summed E-state index contributed by atoms with van der Waals surface area (Å²) in [5.41, 5.74) is 8.47. The molecule has 1 saturated heterocycles. The summed E-state index contributed by atoms with van der Waals surface area (Å²) in [5, 5.41) is 2.52. The molecule has 1 fully saturated rings. The number of aromatic nitrogens is 2. The van der Waals surface area contributed by atoms with Crippen LogP contribution in [0.15, 0.2) is 23.7 Å². The second-order valence-electron chi connectivity index (χ2n) is 4.69. The van der Waals surface area contributed by atoms with Crippen LogP contribution in [0.5, 0.6) is 0 Å². The number of thiazole rings is 1. The van der Waals surface area contributed by atoms with Crippen LogP contribution in [0.2, 0.25) is 0 Å². The van der Waals surface area contributed by atoms with Gasteiger partial charge in [-0.1, -0.05) is 0 Å². The molecule has 2 aromatic rings. The third-order valence-corrected chi connectivity index (χ3v) is 3.99. The van der Waals surface area contributed by atoms with Crippen LogP contribution < -0.4 is 5.73 Å². The van der Waals surface area contributed by atoms with Crippen molar-refractivity contribution in [2.45, 2.75) is 25.6 Å². The Morgan fingerprint density at radius 2 is 2.25 bits per heavy atom. The van der Waals surface area contributed by atoms with E-state index < -0.39 is 0 Å². The van der Waals surface area contributed by atoms with E-state index in [0.29, 0.717) is 11.7 Å². The van der Waals surface area contributed by atoms with Gasteiger partial charge in [0.15, 0.2) is 5.13 Å². The summed E-state index contributed by atoms with van der Waals surface area (Å²) in [6.45, 7) is 2.06. The Morgan fingerprint density at radius 3 is 3.00 bits per heavy atom. The first-order valence-corrected chi connectivity index (χ1v) is 7.55. The summed E-state index contributed by atoms with van der Waals surface area (Å²) in [7, 11) is 0. The lowest BCUT2D eigenvalue weighted by Crippen LogP contribution is -2.23. The average molecular weight is 291 g/mol. The lowest BCUT2D eigenvalue weighted by Gasteiger charge is -2.22. The average Bonchev–Trinajstić information content (AvgIpc) is 2.93. The molecule has 5 nitrogen and oxygen atoms in total. The fraction of sp³-hybridized carbons (Fsp3) is 0.429. The number of nitrogens with two attached hydrogens (primary N) is 1. The molecule has 1 aliphatic heterocycles. The Hall–Kier alpha value is -1.50. The van der Waals surface area contributed by atoms with Crippen LogP contribution in [0, 0.1) is 0 Å². The quantitative estimate of drug-likeness (QED) is 0.937. The first-order valence-electron chi connectivity index (χ1n) is 6.67. The molecule has 106 valence electrons. The largest absolute Gasteiger partial charge is 0.381 e. The lowest BCUT2D eigenvalue weighted by atomic mass is 10.1. The van der Waals surface area contributed by atoms with Crippen molar-refractivity contribution in [2.24, 2.45) is 0 Å². The molecule has 6 heteroatoms. The van der Waals surface area contributed by atoms with Crippen LogP contribution >= 0.6 is 11.3 Å². The predicted molar refractivity (Wildman–Crippen MR) is 78.4 cm³/mol. The van der Waals surface area contributed by atoms with E-state index in [0.717, 1.165) is 43.0 Å². The third-order valence-electron chi connectivity index (χ3n) is 3.31. The number of rotatable bonds is 4. The molecule has 3 rings (SSSR count). The molecule has 0 saturated carbocycles. The highest BCUT2D eigenvalue weighted by molar-refractivity contribution is 7.13. The first-order chi connectivity index (χ1) is 9.83. The van der Waals surface area contributed by atoms with Crippen molar-refractivity contribution in [1.29, 1.82) is 0 Å². The molecule has 3 heterocycles. The molecule has 0 amide bonds. The molecule has 0 radical (unpaired) electrons. The van der Waals surface area contributed by atoms with Crippen LogP contribution in [-0.4, -0.2) is 29.3 Å². The molecule has 0 unspecified atom stereocenters. The molecular weight excluding hydrogens is 274 g/mol. The highest BCUT2D eigenvalue weighted by Crippen LogP contribution is 2.26. The van der Waals surface area contributed by atoms with E-state index in [1.807, 2.05) is 17.5 Å². The van der Waals surface area contributed by atoms with Crippen LogP contribution in [0.3, 0.4) is 0 Å². The normalized spacial score (nSPS) is 16.4. The summed E-state index contributed by atoms with van der Waals surface area (Å²) in [4.78, 5) is 8.73. The van der Waals surface area contributed by atoms with Gasteiger partial charge in [-0.15, -0.1) is 11.3 Å². The number of hydrogen-bond acceptors (Lipinski definition) is 6. The smallest absolute Gasteiger partial charge is 0.180 e. The van der Waals surface area contributed by atoms with E-state index >= 15 is 0 Å². The monoisotopic (exact) mass is 291 g/mol. The standard InChI is InChI=1S/C14H17N3O2S/c15-14-17-13(9-20-14)11-2-1-5-16-12(11)8-19-10-3-6-18-7-4-10/h1-2,5,9-10H,3-4,6-8H2,(H2,15,17). The van der Waals surface area contributed by atoms with E-state index in [9.17, 15) is 0 Å². The van der Waals surface area contributed by atoms with E-state index in [-0.39, 0.29) is 6.10 Å². The van der Waals surface area contributed by atoms with Gasteiger partial charge in [0.1, 0.15) is 0 Å². The van der Waals surface area contributed by atoms with Crippen molar-refractivity contribution in [3.63, 3.8) is 0 Å². The van der Waals surface area contributed by atoms with Crippen LogP contribution in [0.1, 0.15) is 18.5 Å². The van der Waals surface area contributed by atoms with Gasteiger partial charge in [0.25, 0.3) is 0 Å². The molecule has 2 N–H and O–H groups in total. The zero-order valence-corrected chi connectivity index (χ0v) is 11.9. The molecule has 0 atom stereocenters. The third kappa shape index (κ3) is 3.15. The van der Waals surface area contributed by atoms with Gasteiger partial charge in [0.2, 0.25) is 0 Å². The van der Waals surface area contributed by atoms with Gasteiger partial charge < -0.3 is 15.2 Å². The van der Waals surface area contributed by atoms with Crippen molar-refractivity contribution in [2.75, 3.05) is 18.9 Å². The maximum atomic E-state index is 5.94. The van der Waals surface area contributed by atoms with Gasteiger partial charge in [0, 0.05) is 30.4 Å². The van der Waals surface area contributed by atoms with Gasteiger partial charge in [-0.3, -0.25) is 4.98 Å². The minimum Gasteiger partial charge on any atom is -0.381 e. The Labute approximate surface area is 121 Å². The molecule has 0 bridgehead atoms. The Bertz CT molecular complexity index is 567. The predicted octanol–water partition coefficient (Wildman–Crippen LogP) is 2.48. The molecule has 0 aromatic carbocycles. The van der Waals surface area contributed by atoms with Crippen molar-refractivity contribution < 1.29 is 9.47 Å². The topological polar surface area (TPSA) is 70.3 Å². The van der Waals surface area contributed by atoms with Crippen LogP contribution in [0.4, 0.5) is 5.13 Å². The summed E-state index contributed by atoms with van der Waals surface area (Å²) in [6.07, 6.45) is 3.94. The number of pyridine rings is 1. The summed E-state index contributed by atoms with van der Waals surface area (Å²) < 4.78 is 11.3. The van der Waals surface area contributed by atoms with Crippen molar-refractivity contribution in [3.05, 3.63) is 29.4 Å². The number of ether oxygens (including phenoxy) is 2. The van der Waals surface area contributed by atoms with Gasteiger partial charge in [0.05, 0.1) is 24.1 Å². The maximum Gasteiger partial charge on any atom is 0.180 e. The molecule has 0 aliphatic carbocycles. The number of nitrogen functional groups attached to an aromatic ring is 1. The number of anilines is 1. The fourth-order valence-electron chi connectivity index (χ4n) is 2.24. The molecular formula is C14H17N3O2S. The van der Waals surface area contributed by atoms with E-state index in [2.05, 4.69) is 9.97 Å². The zero-order valence-electron chi connectivity index (χ0n) is 11.1. The molecule has 1 aliphatic rings. The van der Waals surface area contributed by atoms with Gasteiger partial charge in [-0.2, -0.15) is 0 Å². The van der Waals surface area contributed by atoms with Crippen molar-refractivity contribution in [1.82, 2.24) is 9.97 Å². The summed E-state index contributed by atoms with van der Waals surface area (Å²) in [6, 6.07) is 3.91. The lowest BCUT2D eigenvalue weighted by molar-refractivity contribution is -0.0398. The van der Waals surface area contributed by atoms with E-state index in [1.165, 1.54) is 11.3 Å². The SMILES string of the molecule is Nc1nc(-c2cccnc2COC2CCOCC2)cs1. The van der Waals surface area contributed by atoms with Crippen molar-refractivity contribution >= 4 is 16.5 Å². The van der Waals surface area contributed by atoms with E-state index in [1.54, 1.807) is 6.20 Å². The maximum absolute atomic E-state index is 5.94. The van der Waals surface area contributed by atoms with E-state index in [4.69, 9.17) is 15.2 Å². The Balaban J connectivity index is 1.72. The zero-order chi connectivity index (χ0) is 13.8. The first kappa shape index (κ1) is 13.5. The highest BCUT2D eigenvalue weighted by Gasteiger charge is 2.16. The minimum atomic E-state index is 0.263. The number of nitrogens with zero attached hydrogens (tertiary/aromatic N) is 2. The van der Waals surface area contributed by atoms with Gasteiger partial charge in [-0.05, 0) is 25.0 Å². The fourth-order valence-corrected chi connectivity index (χ4v) is 2.80. The second kappa shape index (κ2) is 6.30. The van der Waals surface area contributed by atoms with Crippen LogP contribution in [-0.2, 0) is 16.1 Å². The minimum absolute atomic E-state index is 0.263. The number of hydrogen-bond donors (Lipinski definition) is 1. The van der Waals surface area contributed by atoms with Crippen molar-refractivity contribution in [3.8, 4) is 11.3 Å². The van der Waals surface area contributed by atoms with Crippen LogP contribution in [0.25, 0.3) is 11.3 Å². The van der Waals surface area contributed by atoms with Gasteiger partial charge in [-0.25, -0.2) is 4.98 Å². The molecule has 20 heavy (non-hydrogen) atoms. The Kier molecular flexibility index (Phi) is 4.25. The Morgan fingerprint density at radius 1 is 1.40 bits per heavy atom. The summed E-state index contributed by atoms with van der Waals surface area (Å²) in [5.74, 6) is 0. The van der Waals surface area contributed by atoms with Gasteiger partial charge >= 0.3 is 0 Å². The second-order valence-corrected chi connectivity index (χ2v) is 5.58. The highest BCUT2D eigenvalue weighted by atomic mass is 32.1. The summed E-state index contributed by atoms with van der Waals surface area (Å²) >= 11 is 1.44. The molecule has 2 aromatic heterocycles. The molecule has 0 spiro atoms.